The molecule has 0 aliphatic carbocycles. The van der Waals surface area contributed by atoms with Gasteiger partial charge in [-0.15, -0.1) is 6.58 Å². The molecule has 0 spiro atoms. The molecule has 190 valence electrons. The highest BCUT2D eigenvalue weighted by Gasteiger charge is 2.23. The van der Waals surface area contributed by atoms with E-state index in [1.54, 1.807) is 15.9 Å². The summed E-state index contributed by atoms with van der Waals surface area (Å²) >= 11 is 0. The van der Waals surface area contributed by atoms with Gasteiger partial charge in [-0.25, -0.2) is 0 Å². The molecule has 1 aliphatic heterocycles. The SMILES string of the molecule is C=CCN(CC(=O)N(Cc1ccc2c(c1)OCO2)Cc1ccc(C)o1)C(=O)CCCCCCCC. The molecule has 0 unspecified atom stereocenters. The van der Waals surface area contributed by atoms with E-state index >= 15 is 0 Å². The minimum atomic E-state index is -0.144. The molecule has 35 heavy (non-hydrogen) atoms. The van der Waals surface area contributed by atoms with Crippen molar-refractivity contribution in [3.8, 4) is 11.5 Å². The predicted octanol–water partition coefficient (Wildman–Crippen LogP) is 5.61. The van der Waals surface area contributed by atoms with Gasteiger partial charge in [-0.1, -0.05) is 51.2 Å². The Morgan fingerprint density at radius 2 is 1.71 bits per heavy atom. The summed E-state index contributed by atoms with van der Waals surface area (Å²) in [4.78, 5) is 29.6. The average molecular weight is 483 g/mol. The first-order valence-electron chi connectivity index (χ1n) is 12.6. The molecule has 1 aliphatic rings. The molecule has 0 fully saturated rings. The first-order chi connectivity index (χ1) is 17.0. The molecule has 1 aromatic heterocycles. The molecule has 0 saturated heterocycles. The van der Waals surface area contributed by atoms with Gasteiger partial charge in [0.1, 0.15) is 18.1 Å². The molecule has 2 heterocycles. The third kappa shape index (κ3) is 8.19. The van der Waals surface area contributed by atoms with Crippen molar-refractivity contribution >= 4 is 11.8 Å². The summed E-state index contributed by atoms with van der Waals surface area (Å²) < 4.78 is 16.6. The van der Waals surface area contributed by atoms with Gasteiger partial charge < -0.3 is 23.7 Å². The van der Waals surface area contributed by atoms with Crippen LogP contribution in [-0.2, 0) is 22.7 Å². The minimum absolute atomic E-state index is 0.00489. The second-order valence-electron chi connectivity index (χ2n) is 9.03. The van der Waals surface area contributed by atoms with Crippen LogP contribution in [0.15, 0.2) is 47.4 Å². The molecule has 2 amide bonds. The summed E-state index contributed by atoms with van der Waals surface area (Å²) in [6.07, 6.45) is 8.80. The lowest BCUT2D eigenvalue weighted by atomic mass is 10.1. The van der Waals surface area contributed by atoms with Crippen molar-refractivity contribution in [2.75, 3.05) is 19.9 Å². The maximum absolute atomic E-state index is 13.4. The highest BCUT2D eigenvalue weighted by atomic mass is 16.7. The summed E-state index contributed by atoms with van der Waals surface area (Å²) in [5, 5.41) is 0. The van der Waals surface area contributed by atoms with E-state index < -0.39 is 0 Å². The Morgan fingerprint density at radius 1 is 0.943 bits per heavy atom. The second-order valence-corrected chi connectivity index (χ2v) is 9.03. The topological polar surface area (TPSA) is 72.2 Å². The Balaban J connectivity index is 1.65. The predicted molar refractivity (Wildman–Crippen MR) is 135 cm³/mol. The number of aryl methyl sites for hydroxylation is 1. The van der Waals surface area contributed by atoms with Crippen LogP contribution in [-0.4, -0.2) is 41.5 Å². The summed E-state index contributed by atoms with van der Waals surface area (Å²) in [6, 6.07) is 9.42. The third-order valence-corrected chi connectivity index (χ3v) is 6.08. The highest BCUT2D eigenvalue weighted by Crippen LogP contribution is 2.33. The first-order valence-corrected chi connectivity index (χ1v) is 12.6. The summed E-state index contributed by atoms with van der Waals surface area (Å²) in [7, 11) is 0. The Morgan fingerprint density at radius 3 is 2.46 bits per heavy atom. The summed E-state index contributed by atoms with van der Waals surface area (Å²) in [5.74, 6) is 2.71. The molecule has 3 rings (SSSR count). The largest absolute Gasteiger partial charge is 0.464 e. The quantitative estimate of drug-likeness (QED) is 0.244. The lowest BCUT2D eigenvalue weighted by Gasteiger charge is -2.27. The fraction of sp³-hybridized carbons (Fsp3) is 0.500. The first kappa shape index (κ1) is 26.4. The number of ether oxygens (including phenoxy) is 2. The standard InChI is InChI=1S/C28H38N2O5/c1-4-6-7-8-9-10-11-27(31)29(16-5-2)20-28(32)30(19-24-14-12-22(3)35-24)18-23-13-15-25-26(17-23)34-21-33-25/h5,12-15,17H,2,4,6-11,16,18-21H2,1,3H3. The molecule has 0 saturated carbocycles. The van der Waals surface area contributed by atoms with Crippen LogP contribution in [0, 0.1) is 6.92 Å². The number of amides is 2. The van der Waals surface area contributed by atoms with Crippen molar-refractivity contribution < 1.29 is 23.5 Å². The van der Waals surface area contributed by atoms with Gasteiger partial charge in [-0.3, -0.25) is 9.59 Å². The number of unbranched alkanes of at least 4 members (excludes halogenated alkanes) is 5. The molecule has 0 N–H and O–H groups in total. The van der Waals surface area contributed by atoms with Gasteiger partial charge in [0.15, 0.2) is 11.5 Å². The van der Waals surface area contributed by atoms with Crippen molar-refractivity contribution in [2.45, 2.75) is 71.9 Å². The fourth-order valence-corrected chi connectivity index (χ4v) is 4.14. The van der Waals surface area contributed by atoms with Crippen LogP contribution < -0.4 is 9.47 Å². The monoisotopic (exact) mass is 482 g/mol. The van der Waals surface area contributed by atoms with Crippen molar-refractivity contribution in [1.82, 2.24) is 9.80 Å². The van der Waals surface area contributed by atoms with Crippen molar-refractivity contribution in [2.24, 2.45) is 0 Å². The third-order valence-electron chi connectivity index (χ3n) is 6.08. The molecular formula is C28H38N2O5. The van der Waals surface area contributed by atoms with Gasteiger partial charge in [0.25, 0.3) is 0 Å². The molecule has 0 atom stereocenters. The van der Waals surface area contributed by atoms with Crippen LogP contribution in [0.25, 0.3) is 0 Å². The van der Waals surface area contributed by atoms with Crippen LogP contribution >= 0.6 is 0 Å². The molecule has 0 bridgehead atoms. The lowest BCUT2D eigenvalue weighted by Crippen LogP contribution is -2.42. The fourth-order valence-electron chi connectivity index (χ4n) is 4.14. The van der Waals surface area contributed by atoms with Gasteiger partial charge in [0.05, 0.1) is 6.54 Å². The zero-order valence-corrected chi connectivity index (χ0v) is 21.1. The van der Waals surface area contributed by atoms with E-state index in [0.29, 0.717) is 43.3 Å². The number of carbonyl (C=O) groups is 2. The van der Waals surface area contributed by atoms with E-state index in [-0.39, 0.29) is 25.2 Å². The molecule has 7 nitrogen and oxygen atoms in total. The van der Waals surface area contributed by atoms with Crippen molar-refractivity contribution in [3.05, 3.63) is 60.1 Å². The highest BCUT2D eigenvalue weighted by molar-refractivity contribution is 5.85. The van der Waals surface area contributed by atoms with Gasteiger partial charge in [-0.2, -0.15) is 0 Å². The Kier molecular flexibility index (Phi) is 10.3. The maximum Gasteiger partial charge on any atom is 0.242 e. The van der Waals surface area contributed by atoms with E-state index in [0.717, 1.165) is 30.6 Å². The Bertz CT molecular complexity index is 983. The molecular weight excluding hydrogens is 444 g/mol. The van der Waals surface area contributed by atoms with E-state index in [1.165, 1.54) is 19.3 Å². The number of furan rings is 1. The molecule has 7 heteroatoms. The molecule has 1 aromatic carbocycles. The average Bonchev–Trinajstić information content (AvgIpc) is 3.48. The number of hydrogen-bond acceptors (Lipinski definition) is 5. The van der Waals surface area contributed by atoms with E-state index in [9.17, 15) is 9.59 Å². The van der Waals surface area contributed by atoms with Gasteiger partial charge in [0, 0.05) is 19.5 Å². The van der Waals surface area contributed by atoms with Crippen LogP contribution in [0.3, 0.4) is 0 Å². The van der Waals surface area contributed by atoms with Crippen LogP contribution in [0.2, 0.25) is 0 Å². The normalized spacial score (nSPS) is 11.9. The second kappa shape index (κ2) is 13.6. The van der Waals surface area contributed by atoms with Crippen molar-refractivity contribution in [1.29, 1.82) is 0 Å². The summed E-state index contributed by atoms with van der Waals surface area (Å²) in [5.41, 5.74) is 0.916. The van der Waals surface area contributed by atoms with Crippen LogP contribution in [0.5, 0.6) is 11.5 Å². The number of rotatable bonds is 15. The number of nitrogens with zero attached hydrogens (tertiary/aromatic N) is 2. The van der Waals surface area contributed by atoms with Crippen LogP contribution in [0.4, 0.5) is 0 Å². The lowest BCUT2D eigenvalue weighted by molar-refractivity contribution is -0.141. The number of fused-ring (bicyclic) bond motifs is 1. The zero-order chi connectivity index (χ0) is 25.0. The van der Waals surface area contributed by atoms with Gasteiger partial charge >= 0.3 is 0 Å². The molecule has 2 aromatic rings. The smallest absolute Gasteiger partial charge is 0.242 e. The Labute approximate surface area is 208 Å². The zero-order valence-electron chi connectivity index (χ0n) is 21.1. The Hall–Kier alpha value is -3.22. The number of hydrogen-bond donors (Lipinski definition) is 0. The maximum atomic E-state index is 13.4. The van der Waals surface area contributed by atoms with E-state index in [1.807, 2.05) is 37.3 Å². The number of carbonyl (C=O) groups excluding carboxylic acids is 2. The van der Waals surface area contributed by atoms with Crippen LogP contribution in [0.1, 0.15) is 69.0 Å². The minimum Gasteiger partial charge on any atom is -0.464 e. The van der Waals surface area contributed by atoms with Gasteiger partial charge in [0.2, 0.25) is 18.6 Å². The van der Waals surface area contributed by atoms with E-state index in [4.69, 9.17) is 13.9 Å². The van der Waals surface area contributed by atoms with Crippen molar-refractivity contribution in [3.63, 3.8) is 0 Å². The summed E-state index contributed by atoms with van der Waals surface area (Å²) in [6.45, 7) is 9.07. The van der Waals surface area contributed by atoms with Gasteiger partial charge in [-0.05, 0) is 43.2 Å². The number of benzene rings is 1. The molecule has 0 radical (unpaired) electrons. The van der Waals surface area contributed by atoms with E-state index in [2.05, 4.69) is 13.5 Å².